The second kappa shape index (κ2) is 7.99. The van der Waals surface area contributed by atoms with Gasteiger partial charge >= 0.3 is 0 Å². The molecule has 0 saturated heterocycles. The molecule has 0 bridgehead atoms. The Morgan fingerprint density at radius 3 is 2.69 bits per heavy atom. The fourth-order valence-corrected chi connectivity index (χ4v) is 1.30. The van der Waals surface area contributed by atoms with Gasteiger partial charge in [0.1, 0.15) is 6.61 Å². The Kier molecular flexibility index (Phi) is 7.60. The van der Waals surface area contributed by atoms with Crippen LogP contribution >= 0.6 is 0 Å². The van der Waals surface area contributed by atoms with Crippen molar-refractivity contribution >= 4 is 5.78 Å². The molecule has 0 radical (unpaired) electrons. The zero-order valence-electron chi connectivity index (χ0n) is 8.71. The van der Waals surface area contributed by atoms with Crippen LogP contribution in [0.15, 0.2) is 12.7 Å². The topological polar surface area (TPSA) is 26.3 Å². The molecule has 0 spiro atoms. The first kappa shape index (κ1) is 12.4. The van der Waals surface area contributed by atoms with Gasteiger partial charge in [0.05, 0.1) is 6.61 Å². The van der Waals surface area contributed by atoms with E-state index < -0.39 is 0 Å². The second-order valence-electron chi connectivity index (χ2n) is 3.16. The van der Waals surface area contributed by atoms with Crippen LogP contribution in [0.3, 0.4) is 0 Å². The lowest BCUT2D eigenvalue weighted by Crippen LogP contribution is -2.19. The molecule has 0 fully saturated rings. The molecular weight excluding hydrogens is 164 g/mol. The molecule has 1 unspecified atom stereocenters. The van der Waals surface area contributed by atoms with Crippen LogP contribution in [0.4, 0.5) is 0 Å². The average molecular weight is 184 g/mol. The molecule has 0 N–H and O–H groups in total. The molecule has 0 heterocycles. The Balaban J connectivity index is 3.70. The van der Waals surface area contributed by atoms with E-state index in [0.29, 0.717) is 6.61 Å². The van der Waals surface area contributed by atoms with E-state index in [1.54, 1.807) is 6.08 Å². The Labute approximate surface area is 81.0 Å². The zero-order chi connectivity index (χ0) is 10.1. The summed E-state index contributed by atoms with van der Waals surface area (Å²) in [5.74, 6) is 0.418. The molecule has 13 heavy (non-hydrogen) atoms. The third-order valence-corrected chi connectivity index (χ3v) is 2.07. The molecule has 2 nitrogen and oxygen atoms in total. The zero-order valence-corrected chi connectivity index (χ0v) is 8.71. The number of carbonyl (C=O) groups excluding carboxylic acids is 1. The van der Waals surface area contributed by atoms with Gasteiger partial charge in [-0.15, -0.1) is 6.58 Å². The van der Waals surface area contributed by atoms with E-state index in [1.165, 1.54) is 0 Å². The minimum atomic E-state index is 0.190. The minimum absolute atomic E-state index is 0.190. The normalized spacial score (nSPS) is 12.5. The third kappa shape index (κ3) is 5.58. The van der Waals surface area contributed by atoms with E-state index in [2.05, 4.69) is 13.5 Å². The Bertz CT molecular complexity index is 152. The predicted octanol–water partition coefficient (Wildman–Crippen LogP) is 2.58. The van der Waals surface area contributed by atoms with E-state index in [9.17, 15) is 4.79 Å². The van der Waals surface area contributed by atoms with Crippen molar-refractivity contribution in [3.8, 4) is 0 Å². The minimum Gasteiger partial charge on any atom is -0.370 e. The average Bonchev–Trinajstić information content (AvgIpc) is 2.14. The van der Waals surface area contributed by atoms with Crippen LogP contribution in [0.25, 0.3) is 0 Å². The first-order chi connectivity index (χ1) is 6.26. The third-order valence-electron chi connectivity index (χ3n) is 2.07. The van der Waals surface area contributed by atoms with E-state index in [0.717, 1.165) is 19.3 Å². The van der Waals surface area contributed by atoms with Crippen LogP contribution in [0, 0.1) is 5.92 Å². The summed E-state index contributed by atoms with van der Waals surface area (Å²) >= 11 is 0. The fraction of sp³-hybridized carbons (Fsp3) is 0.727. The van der Waals surface area contributed by atoms with E-state index >= 15 is 0 Å². The van der Waals surface area contributed by atoms with Gasteiger partial charge in [-0.2, -0.15) is 0 Å². The molecule has 0 aliphatic carbocycles. The molecule has 0 saturated carbocycles. The Morgan fingerprint density at radius 1 is 1.54 bits per heavy atom. The van der Waals surface area contributed by atoms with E-state index in [1.807, 2.05) is 6.92 Å². The maximum Gasteiger partial charge on any atom is 0.161 e. The monoisotopic (exact) mass is 184 g/mol. The number of ketones is 1. The number of hydrogen-bond donors (Lipinski definition) is 0. The highest BCUT2D eigenvalue weighted by atomic mass is 16.5. The molecule has 0 aromatic heterocycles. The number of ether oxygens (including phenoxy) is 1. The number of Topliss-reactive ketones (excluding diaryl/α,β-unsaturated/α-hetero) is 1. The first-order valence-corrected chi connectivity index (χ1v) is 4.97. The summed E-state index contributed by atoms with van der Waals surface area (Å²) in [5.41, 5.74) is 0. The summed E-state index contributed by atoms with van der Waals surface area (Å²) in [7, 11) is 0. The van der Waals surface area contributed by atoms with Gasteiger partial charge in [0.15, 0.2) is 5.78 Å². The van der Waals surface area contributed by atoms with Gasteiger partial charge in [0, 0.05) is 5.92 Å². The van der Waals surface area contributed by atoms with E-state index in [4.69, 9.17) is 4.74 Å². The summed E-state index contributed by atoms with van der Waals surface area (Å²) in [6, 6.07) is 0. The molecule has 1 atom stereocenters. The quantitative estimate of drug-likeness (QED) is 0.428. The highest BCUT2D eigenvalue weighted by Gasteiger charge is 2.14. The molecule has 0 aromatic carbocycles. The van der Waals surface area contributed by atoms with Crippen molar-refractivity contribution in [3.63, 3.8) is 0 Å². The Hall–Kier alpha value is -0.630. The summed E-state index contributed by atoms with van der Waals surface area (Å²) < 4.78 is 5.11. The largest absolute Gasteiger partial charge is 0.370 e. The summed E-state index contributed by atoms with van der Waals surface area (Å²) in [5, 5.41) is 0. The highest BCUT2D eigenvalue weighted by molar-refractivity contribution is 5.82. The lowest BCUT2D eigenvalue weighted by molar-refractivity contribution is -0.127. The van der Waals surface area contributed by atoms with Gasteiger partial charge in [-0.05, 0) is 12.8 Å². The van der Waals surface area contributed by atoms with Crippen LogP contribution in [0.2, 0.25) is 0 Å². The van der Waals surface area contributed by atoms with Crippen molar-refractivity contribution in [3.05, 3.63) is 12.7 Å². The lowest BCUT2D eigenvalue weighted by Gasteiger charge is -2.11. The molecule has 0 aliphatic rings. The van der Waals surface area contributed by atoms with E-state index in [-0.39, 0.29) is 18.3 Å². The lowest BCUT2D eigenvalue weighted by atomic mass is 9.96. The van der Waals surface area contributed by atoms with Gasteiger partial charge in [0.25, 0.3) is 0 Å². The van der Waals surface area contributed by atoms with Crippen molar-refractivity contribution in [2.45, 2.75) is 33.1 Å². The van der Waals surface area contributed by atoms with Crippen LogP contribution in [-0.4, -0.2) is 19.0 Å². The number of hydrogen-bond acceptors (Lipinski definition) is 2. The summed E-state index contributed by atoms with van der Waals surface area (Å²) in [6.07, 6.45) is 4.62. The Morgan fingerprint density at radius 2 is 2.23 bits per heavy atom. The number of rotatable bonds is 8. The smallest absolute Gasteiger partial charge is 0.161 e. The van der Waals surface area contributed by atoms with Gasteiger partial charge in [0.2, 0.25) is 0 Å². The summed E-state index contributed by atoms with van der Waals surface area (Å²) in [4.78, 5) is 11.5. The standard InChI is InChI=1S/C11H20O2/c1-4-7-10(6-3)11(12)9-13-8-5-2/h5,10H,2,4,6-9H2,1,3H3. The molecule has 0 aromatic rings. The van der Waals surface area contributed by atoms with Crippen molar-refractivity contribution in [1.82, 2.24) is 0 Å². The molecule has 76 valence electrons. The van der Waals surface area contributed by atoms with Gasteiger partial charge in [-0.3, -0.25) is 4.79 Å². The summed E-state index contributed by atoms with van der Waals surface area (Å²) in [6.45, 7) is 8.37. The maximum atomic E-state index is 11.5. The van der Waals surface area contributed by atoms with Crippen LogP contribution < -0.4 is 0 Å². The second-order valence-corrected chi connectivity index (χ2v) is 3.16. The molecule has 2 heteroatoms. The van der Waals surface area contributed by atoms with Crippen LogP contribution in [0.5, 0.6) is 0 Å². The highest BCUT2D eigenvalue weighted by Crippen LogP contribution is 2.11. The molecule has 0 amide bonds. The predicted molar refractivity (Wildman–Crippen MR) is 54.7 cm³/mol. The van der Waals surface area contributed by atoms with Crippen molar-refractivity contribution in [2.75, 3.05) is 13.2 Å². The molecular formula is C11H20O2. The van der Waals surface area contributed by atoms with Crippen molar-refractivity contribution in [2.24, 2.45) is 5.92 Å². The van der Waals surface area contributed by atoms with Crippen molar-refractivity contribution in [1.29, 1.82) is 0 Å². The van der Waals surface area contributed by atoms with Gasteiger partial charge in [-0.1, -0.05) is 26.3 Å². The van der Waals surface area contributed by atoms with Gasteiger partial charge in [-0.25, -0.2) is 0 Å². The van der Waals surface area contributed by atoms with Crippen molar-refractivity contribution < 1.29 is 9.53 Å². The maximum absolute atomic E-state index is 11.5. The molecule has 0 aliphatic heterocycles. The van der Waals surface area contributed by atoms with Gasteiger partial charge < -0.3 is 4.74 Å². The number of carbonyl (C=O) groups is 1. The fourth-order valence-electron chi connectivity index (χ4n) is 1.30. The van der Waals surface area contributed by atoms with Crippen LogP contribution in [-0.2, 0) is 9.53 Å². The SMILES string of the molecule is C=CCOCC(=O)C(CC)CCC. The first-order valence-electron chi connectivity index (χ1n) is 4.97. The molecule has 0 rings (SSSR count). The van der Waals surface area contributed by atoms with Crippen LogP contribution in [0.1, 0.15) is 33.1 Å².